The average Bonchev–Trinajstić information content (AvgIpc) is 2.53. The van der Waals surface area contributed by atoms with Crippen LogP contribution in [0.15, 0.2) is 39.7 Å². The minimum atomic E-state index is -0.763. The van der Waals surface area contributed by atoms with E-state index in [0.717, 1.165) is 22.4 Å². The molecule has 0 radical (unpaired) electrons. The number of rotatable bonds is 2. The van der Waals surface area contributed by atoms with Crippen LogP contribution in [0.1, 0.15) is 36.7 Å². The van der Waals surface area contributed by atoms with Crippen molar-refractivity contribution >= 4 is 33.0 Å². The van der Waals surface area contributed by atoms with Crippen LogP contribution in [0.4, 0.5) is 8.78 Å². The van der Waals surface area contributed by atoms with E-state index in [4.69, 9.17) is 0 Å². The van der Waals surface area contributed by atoms with Crippen LogP contribution in [-0.4, -0.2) is 16.1 Å². The van der Waals surface area contributed by atoms with Crippen molar-refractivity contribution in [2.45, 2.75) is 26.2 Å². The number of nitrogens with zero attached hydrogens (tertiary/aromatic N) is 2. The molecule has 26 heavy (non-hydrogen) atoms. The predicted octanol–water partition coefficient (Wildman–Crippen LogP) is 4.54. The predicted molar refractivity (Wildman–Crippen MR) is 99.0 cm³/mol. The molecule has 0 N–H and O–H groups in total. The maximum Gasteiger partial charge on any atom is 0.282 e. The number of hydrogen-bond donors (Lipinski definition) is 0. The molecule has 134 valence electrons. The summed E-state index contributed by atoms with van der Waals surface area (Å²) in [4.78, 5) is 24.2. The maximum absolute atomic E-state index is 14.7. The van der Waals surface area contributed by atoms with E-state index in [1.807, 2.05) is 20.8 Å². The zero-order chi connectivity index (χ0) is 19.2. The van der Waals surface area contributed by atoms with Gasteiger partial charge in [0.2, 0.25) is 0 Å². The van der Waals surface area contributed by atoms with Crippen molar-refractivity contribution in [2.75, 3.05) is 0 Å². The molecule has 4 nitrogen and oxygen atoms in total. The second-order valence-electron chi connectivity index (χ2n) is 6.97. The van der Waals surface area contributed by atoms with Crippen LogP contribution in [-0.2, 0) is 5.41 Å². The largest absolute Gasteiger partial charge is 0.298 e. The van der Waals surface area contributed by atoms with E-state index in [0.29, 0.717) is 11.7 Å². The fourth-order valence-corrected chi connectivity index (χ4v) is 3.22. The first-order valence-corrected chi connectivity index (χ1v) is 8.59. The van der Waals surface area contributed by atoms with Crippen LogP contribution in [0, 0.1) is 11.6 Å². The average molecular weight is 421 g/mol. The summed E-state index contributed by atoms with van der Waals surface area (Å²) in [5.41, 5.74) is -0.350. The molecule has 0 aliphatic rings. The minimum Gasteiger partial charge on any atom is -0.298 e. The first-order valence-electron chi connectivity index (χ1n) is 7.80. The lowest BCUT2D eigenvalue weighted by Crippen LogP contribution is -2.24. The van der Waals surface area contributed by atoms with Gasteiger partial charge >= 0.3 is 0 Å². The van der Waals surface area contributed by atoms with Crippen LogP contribution in [0.2, 0.25) is 0 Å². The van der Waals surface area contributed by atoms with E-state index in [2.05, 4.69) is 21.0 Å². The third kappa shape index (κ3) is 3.07. The third-order valence-electron chi connectivity index (χ3n) is 4.12. The number of hydrogen-bond acceptors (Lipinski definition) is 3. The molecule has 0 spiro atoms. The Balaban J connectivity index is 2.35. The maximum atomic E-state index is 14.7. The summed E-state index contributed by atoms with van der Waals surface area (Å²) in [6.07, 6.45) is 1.82. The summed E-state index contributed by atoms with van der Waals surface area (Å²) in [6.45, 7) is 5.80. The van der Waals surface area contributed by atoms with E-state index in [1.165, 1.54) is 12.3 Å². The fourth-order valence-electron chi connectivity index (χ4n) is 2.70. The summed E-state index contributed by atoms with van der Waals surface area (Å²) in [5.74, 6) is -1.34. The fraction of sp³-hybridized carbons (Fsp3) is 0.211. The molecule has 0 amide bonds. The highest BCUT2D eigenvalue weighted by molar-refractivity contribution is 9.10. The van der Waals surface area contributed by atoms with Gasteiger partial charge in [-0.1, -0.05) is 20.8 Å². The molecular formula is C19H15BrF2N2O2. The summed E-state index contributed by atoms with van der Waals surface area (Å²) < 4.78 is 29.5. The van der Waals surface area contributed by atoms with Gasteiger partial charge in [-0.05, 0) is 45.1 Å². The van der Waals surface area contributed by atoms with Crippen molar-refractivity contribution in [1.29, 1.82) is 0 Å². The van der Waals surface area contributed by atoms with Gasteiger partial charge in [0.1, 0.15) is 11.6 Å². The van der Waals surface area contributed by atoms with Crippen LogP contribution in [0.25, 0.3) is 16.5 Å². The van der Waals surface area contributed by atoms with E-state index < -0.39 is 17.2 Å². The van der Waals surface area contributed by atoms with Crippen LogP contribution < -0.4 is 5.56 Å². The third-order valence-corrected chi connectivity index (χ3v) is 4.78. The standard InChI is InChI=1S/C19H15BrF2N2O2/c1-19(2,3)11-4-10-8-23-24(18(26)17(10)15(22)5-11)16-7-12(21)6-14(20)13(16)9-25/h4-9H,1-3H3. The zero-order valence-corrected chi connectivity index (χ0v) is 15.9. The summed E-state index contributed by atoms with van der Waals surface area (Å²) in [5, 5.41) is 4.21. The van der Waals surface area contributed by atoms with Crippen LogP contribution in [0.5, 0.6) is 0 Å². The van der Waals surface area contributed by atoms with Gasteiger partial charge in [-0.25, -0.2) is 8.78 Å². The lowest BCUT2D eigenvalue weighted by atomic mass is 9.86. The van der Waals surface area contributed by atoms with Gasteiger partial charge in [0.15, 0.2) is 6.29 Å². The second kappa shape index (κ2) is 6.39. The normalized spacial score (nSPS) is 11.8. The topological polar surface area (TPSA) is 52.0 Å². The van der Waals surface area contributed by atoms with Crippen molar-refractivity contribution in [1.82, 2.24) is 9.78 Å². The lowest BCUT2D eigenvalue weighted by molar-refractivity contribution is 0.112. The highest BCUT2D eigenvalue weighted by Gasteiger charge is 2.20. The Morgan fingerprint density at radius 3 is 2.46 bits per heavy atom. The molecule has 0 fully saturated rings. The van der Waals surface area contributed by atoms with Crippen molar-refractivity contribution in [3.8, 4) is 5.69 Å². The summed E-state index contributed by atoms with van der Waals surface area (Å²) in [7, 11) is 0. The van der Waals surface area contributed by atoms with Gasteiger partial charge in [0, 0.05) is 15.9 Å². The van der Waals surface area contributed by atoms with Gasteiger partial charge in [-0.15, -0.1) is 0 Å². The smallest absolute Gasteiger partial charge is 0.282 e. The van der Waals surface area contributed by atoms with Gasteiger partial charge in [0.25, 0.3) is 5.56 Å². The van der Waals surface area contributed by atoms with Gasteiger partial charge in [0.05, 0.1) is 22.8 Å². The van der Waals surface area contributed by atoms with E-state index in [1.54, 1.807) is 6.07 Å². The second-order valence-corrected chi connectivity index (χ2v) is 7.83. The Morgan fingerprint density at radius 2 is 1.85 bits per heavy atom. The number of fused-ring (bicyclic) bond motifs is 1. The highest BCUT2D eigenvalue weighted by atomic mass is 79.9. The molecule has 1 aromatic heterocycles. The van der Waals surface area contributed by atoms with Crippen molar-refractivity contribution in [2.24, 2.45) is 0 Å². The minimum absolute atomic E-state index is 0.0482. The molecule has 1 heterocycles. The monoisotopic (exact) mass is 420 g/mol. The number of aldehydes is 1. The molecule has 7 heteroatoms. The molecular weight excluding hydrogens is 406 g/mol. The molecule has 2 aromatic carbocycles. The first kappa shape index (κ1) is 18.4. The number of carbonyl (C=O) groups is 1. The van der Waals surface area contributed by atoms with Gasteiger partial charge < -0.3 is 0 Å². The molecule has 0 saturated carbocycles. The van der Waals surface area contributed by atoms with Gasteiger partial charge in [-0.2, -0.15) is 9.78 Å². The molecule has 3 rings (SSSR count). The van der Waals surface area contributed by atoms with E-state index >= 15 is 0 Å². The molecule has 0 saturated heterocycles. The van der Waals surface area contributed by atoms with E-state index in [-0.39, 0.29) is 26.5 Å². The zero-order valence-electron chi connectivity index (χ0n) is 14.3. The molecule has 0 aliphatic carbocycles. The van der Waals surface area contributed by atoms with Crippen molar-refractivity contribution in [3.05, 3.63) is 68.1 Å². The molecule has 0 aliphatic heterocycles. The Bertz CT molecular complexity index is 1100. The van der Waals surface area contributed by atoms with Gasteiger partial charge in [-0.3, -0.25) is 9.59 Å². The Labute approximate surface area is 156 Å². The Hall–Kier alpha value is -2.41. The lowest BCUT2D eigenvalue weighted by Gasteiger charge is -2.20. The number of halogens is 3. The summed E-state index contributed by atoms with van der Waals surface area (Å²) >= 11 is 3.09. The Morgan fingerprint density at radius 1 is 1.15 bits per heavy atom. The summed E-state index contributed by atoms with van der Waals surface area (Å²) in [6, 6.07) is 5.14. The Kier molecular flexibility index (Phi) is 4.52. The SMILES string of the molecule is CC(C)(C)c1cc(F)c2c(=O)n(-c3cc(F)cc(Br)c3C=O)ncc2c1. The quantitative estimate of drug-likeness (QED) is 0.572. The molecule has 0 bridgehead atoms. The van der Waals surface area contributed by atoms with Crippen molar-refractivity contribution in [3.63, 3.8) is 0 Å². The number of carbonyl (C=O) groups excluding carboxylic acids is 1. The van der Waals surface area contributed by atoms with E-state index in [9.17, 15) is 18.4 Å². The molecule has 3 aromatic rings. The molecule has 0 unspecified atom stereocenters. The molecule has 0 atom stereocenters. The van der Waals surface area contributed by atoms with Crippen LogP contribution >= 0.6 is 15.9 Å². The highest BCUT2D eigenvalue weighted by Crippen LogP contribution is 2.28. The van der Waals surface area contributed by atoms with Crippen LogP contribution in [0.3, 0.4) is 0 Å². The number of aromatic nitrogens is 2. The first-order chi connectivity index (χ1) is 12.1. The van der Waals surface area contributed by atoms with Crippen molar-refractivity contribution < 1.29 is 13.6 Å². The number of benzene rings is 2.